The molecule has 0 fully saturated rings. The fraction of sp³-hybridized carbons (Fsp3) is 0.333. The van der Waals surface area contributed by atoms with Crippen LogP contribution in [-0.2, 0) is 10.8 Å². The first-order valence-electron chi connectivity index (χ1n) is 9.39. The lowest BCUT2D eigenvalue weighted by atomic mass is 9.83. The molecule has 2 aromatic carbocycles. The second-order valence-corrected chi connectivity index (χ2v) is 9.39. The minimum absolute atomic E-state index is 0.124. The van der Waals surface area contributed by atoms with Crippen molar-refractivity contribution in [3.63, 3.8) is 0 Å². The van der Waals surface area contributed by atoms with Crippen molar-refractivity contribution in [2.24, 2.45) is 0 Å². The third-order valence-corrected chi connectivity index (χ3v) is 5.37. The number of rotatable bonds is 1. The van der Waals surface area contributed by atoms with E-state index in [0.717, 1.165) is 0 Å². The minimum atomic E-state index is 0.124. The predicted octanol–water partition coefficient (Wildman–Crippen LogP) is 6.91. The summed E-state index contributed by atoms with van der Waals surface area (Å²) < 4.78 is 0. The van der Waals surface area contributed by atoms with Crippen molar-refractivity contribution >= 4 is 21.8 Å². The normalized spacial score (nSPS) is 13.0. The SMILES string of the molecule is CC(C)(C)c1ccc2[nH]cc(-c3ccc(C(C)(C)C)c4cc[nH]c34)c2c1. The number of hydrogen-bond acceptors (Lipinski definition) is 0. The Labute approximate surface area is 155 Å². The van der Waals surface area contributed by atoms with E-state index in [1.54, 1.807) is 0 Å². The van der Waals surface area contributed by atoms with E-state index in [0.29, 0.717) is 0 Å². The van der Waals surface area contributed by atoms with Gasteiger partial charge in [-0.3, -0.25) is 0 Å². The number of aromatic nitrogens is 2. The van der Waals surface area contributed by atoms with Crippen LogP contribution in [0.5, 0.6) is 0 Å². The molecule has 4 aromatic rings. The molecule has 0 radical (unpaired) electrons. The molecule has 0 saturated heterocycles. The van der Waals surface area contributed by atoms with Crippen LogP contribution in [0.15, 0.2) is 48.8 Å². The third kappa shape index (κ3) is 2.65. The van der Waals surface area contributed by atoms with Gasteiger partial charge >= 0.3 is 0 Å². The van der Waals surface area contributed by atoms with E-state index in [4.69, 9.17) is 0 Å². The maximum Gasteiger partial charge on any atom is 0.0537 e. The molecule has 0 unspecified atom stereocenters. The molecule has 0 saturated carbocycles. The molecule has 0 amide bonds. The first-order valence-corrected chi connectivity index (χ1v) is 9.39. The van der Waals surface area contributed by atoms with E-state index in [-0.39, 0.29) is 10.8 Å². The van der Waals surface area contributed by atoms with Crippen LogP contribution in [0.4, 0.5) is 0 Å². The van der Waals surface area contributed by atoms with Gasteiger partial charge in [0, 0.05) is 39.8 Å². The fourth-order valence-corrected chi connectivity index (χ4v) is 3.84. The molecule has 2 N–H and O–H groups in total. The van der Waals surface area contributed by atoms with Gasteiger partial charge in [0.2, 0.25) is 0 Å². The lowest BCUT2D eigenvalue weighted by Gasteiger charge is -2.21. The van der Waals surface area contributed by atoms with Gasteiger partial charge in [-0.05, 0) is 40.2 Å². The van der Waals surface area contributed by atoms with E-state index >= 15 is 0 Å². The van der Waals surface area contributed by atoms with E-state index < -0.39 is 0 Å². The number of benzene rings is 2. The molecule has 0 atom stereocenters. The van der Waals surface area contributed by atoms with Gasteiger partial charge in [0.25, 0.3) is 0 Å². The van der Waals surface area contributed by atoms with Crippen LogP contribution in [-0.4, -0.2) is 9.97 Å². The summed E-state index contributed by atoms with van der Waals surface area (Å²) >= 11 is 0. The highest BCUT2D eigenvalue weighted by atomic mass is 14.7. The Morgan fingerprint density at radius 1 is 0.692 bits per heavy atom. The fourth-order valence-electron chi connectivity index (χ4n) is 3.84. The summed E-state index contributed by atoms with van der Waals surface area (Å²) in [7, 11) is 0. The van der Waals surface area contributed by atoms with Gasteiger partial charge in [-0.25, -0.2) is 0 Å². The molecule has 2 heteroatoms. The van der Waals surface area contributed by atoms with Crippen LogP contribution in [0, 0.1) is 0 Å². The minimum Gasteiger partial charge on any atom is -0.361 e. The summed E-state index contributed by atoms with van der Waals surface area (Å²) in [6.07, 6.45) is 4.20. The van der Waals surface area contributed by atoms with E-state index in [9.17, 15) is 0 Å². The highest BCUT2D eigenvalue weighted by molar-refractivity contribution is 6.05. The van der Waals surface area contributed by atoms with Crippen molar-refractivity contribution in [2.75, 3.05) is 0 Å². The Hall–Kier alpha value is -2.48. The van der Waals surface area contributed by atoms with Gasteiger partial charge in [0.1, 0.15) is 0 Å². The first kappa shape index (κ1) is 17.0. The van der Waals surface area contributed by atoms with Crippen molar-refractivity contribution < 1.29 is 0 Å². The standard InChI is InChI=1S/C24H28N2/c1-23(2,3)15-7-10-21-18(13-15)19(14-26-21)16-8-9-20(24(4,5)6)17-11-12-25-22(16)17/h7-14,25-26H,1-6H3. The molecule has 2 aromatic heterocycles. The number of hydrogen-bond donors (Lipinski definition) is 2. The Morgan fingerprint density at radius 3 is 2.15 bits per heavy atom. The molecular formula is C24H28N2. The molecule has 134 valence electrons. The van der Waals surface area contributed by atoms with Crippen molar-refractivity contribution in [3.05, 3.63) is 59.9 Å². The van der Waals surface area contributed by atoms with Crippen LogP contribution in [0.25, 0.3) is 32.9 Å². The van der Waals surface area contributed by atoms with Gasteiger partial charge in [0.15, 0.2) is 0 Å². The molecule has 2 nitrogen and oxygen atoms in total. The Kier molecular flexibility index (Phi) is 3.59. The molecule has 2 heterocycles. The zero-order chi connectivity index (χ0) is 18.7. The van der Waals surface area contributed by atoms with Crippen LogP contribution >= 0.6 is 0 Å². The predicted molar refractivity (Wildman–Crippen MR) is 113 cm³/mol. The summed E-state index contributed by atoms with van der Waals surface area (Å²) in [5.74, 6) is 0. The maximum absolute atomic E-state index is 3.48. The second-order valence-electron chi connectivity index (χ2n) is 9.39. The monoisotopic (exact) mass is 344 g/mol. The zero-order valence-corrected chi connectivity index (χ0v) is 16.6. The molecule has 26 heavy (non-hydrogen) atoms. The topological polar surface area (TPSA) is 31.6 Å². The third-order valence-electron chi connectivity index (χ3n) is 5.37. The van der Waals surface area contributed by atoms with Crippen LogP contribution in [0.1, 0.15) is 52.7 Å². The van der Waals surface area contributed by atoms with Crippen LogP contribution in [0.3, 0.4) is 0 Å². The smallest absolute Gasteiger partial charge is 0.0537 e. The van der Waals surface area contributed by atoms with Gasteiger partial charge in [0.05, 0.1) is 5.52 Å². The van der Waals surface area contributed by atoms with Gasteiger partial charge < -0.3 is 9.97 Å². The Bertz CT molecular complexity index is 1090. The first-order chi connectivity index (χ1) is 12.2. The number of H-pyrrole nitrogens is 2. The molecular weight excluding hydrogens is 316 g/mol. The largest absolute Gasteiger partial charge is 0.361 e. The lowest BCUT2D eigenvalue weighted by Crippen LogP contribution is -2.11. The summed E-state index contributed by atoms with van der Waals surface area (Å²) in [4.78, 5) is 6.94. The highest BCUT2D eigenvalue weighted by Crippen LogP contribution is 2.39. The van der Waals surface area contributed by atoms with Crippen molar-refractivity contribution in [2.45, 2.75) is 52.4 Å². The molecule has 0 aliphatic carbocycles. The highest BCUT2D eigenvalue weighted by Gasteiger charge is 2.21. The average Bonchev–Trinajstić information content (AvgIpc) is 3.18. The van der Waals surface area contributed by atoms with Crippen LogP contribution < -0.4 is 0 Å². The molecule has 4 rings (SSSR count). The van der Waals surface area contributed by atoms with Crippen molar-refractivity contribution in [1.82, 2.24) is 9.97 Å². The lowest BCUT2D eigenvalue weighted by molar-refractivity contribution is 0.591. The van der Waals surface area contributed by atoms with Crippen molar-refractivity contribution in [3.8, 4) is 11.1 Å². The second kappa shape index (κ2) is 5.51. The van der Waals surface area contributed by atoms with Crippen molar-refractivity contribution in [1.29, 1.82) is 0 Å². The summed E-state index contributed by atoms with van der Waals surface area (Å²) in [6, 6.07) is 13.5. The summed E-state index contributed by atoms with van der Waals surface area (Å²) in [5.41, 5.74) is 7.94. The van der Waals surface area contributed by atoms with E-state index in [2.05, 4.69) is 100 Å². The van der Waals surface area contributed by atoms with Gasteiger partial charge in [-0.2, -0.15) is 0 Å². The molecule has 0 bridgehead atoms. The summed E-state index contributed by atoms with van der Waals surface area (Å²) in [5, 5.41) is 2.60. The number of nitrogens with one attached hydrogen (secondary N) is 2. The summed E-state index contributed by atoms with van der Waals surface area (Å²) in [6.45, 7) is 13.6. The quantitative estimate of drug-likeness (QED) is 0.376. The molecule has 0 aliphatic rings. The maximum atomic E-state index is 3.48. The molecule has 0 spiro atoms. The Morgan fingerprint density at radius 2 is 1.46 bits per heavy atom. The van der Waals surface area contributed by atoms with Gasteiger partial charge in [-0.1, -0.05) is 59.7 Å². The average molecular weight is 345 g/mol. The number of fused-ring (bicyclic) bond motifs is 2. The van der Waals surface area contributed by atoms with E-state index in [1.807, 2.05) is 0 Å². The number of aromatic amines is 2. The van der Waals surface area contributed by atoms with Crippen LogP contribution in [0.2, 0.25) is 0 Å². The zero-order valence-electron chi connectivity index (χ0n) is 16.6. The Balaban J connectivity index is 1.98. The molecule has 0 aliphatic heterocycles. The van der Waals surface area contributed by atoms with E-state index in [1.165, 1.54) is 44.1 Å². The van der Waals surface area contributed by atoms with Gasteiger partial charge in [-0.15, -0.1) is 0 Å².